The summed E-state index contributed by atoms with van der Waals surface area (Å²) in [5.41, 5.74) is 9.25. The van der Waals surface area contributed by atoms with Crippen molar-refractivity contribution >= 4 is 16.9 Å². The zero-order chi connectivity index (χ0) is 25.1. The number of aryl methyl sites for hydroxylation is 2. The molecule has 4 heteroatoms. The van der Waals surface area contributed by atoms with Gasteiger partial charge in [0.2, 0.25) is 0 Å². The fourth-order valence-electron chi connectivity index (χ4n) is 4.43. The average Bonchev–Trinajstić information content (AvgIpc) is 2.91. The topological polar surface area (TPSA) is 54.9 Å². The molecule has 36 heavy (non-hydrogen) atoms. The lowest BCUT2D eigenvalue weighted by Gasteiger charge is -2.14. The van der Waals surface area contributed by atoms with E-state index in [4.69, 9.17) is 9.97 Å². The lowest BCUT2D eigenvalue weighted by Crippen LogP contribution is -2.27. The molecule has 1 N–H and O–H groups in total. The third-order valence-corrected chi connectivity index (χ3v) is 6.45. The molecule has 0 spiro atoms. The third-order valence-electron chi connectivity index (χ3n) is 6.45. The van der Waals surface area contributed by atoms with Gasteiger partial charge in [-0.05, 0) is 55.7 Å². The third kappa shape index (κ3) is 5.03. The van der Waals surface area contributed by atoms with Crippen LogP contribution in [0.15, 0.2) is 97.1 Å². The van der Waals surface area contributed by atoms with Gasteiger partial charge in [-0.3, -0.25) is 4.79 Å². The highest BCUT2D eigenvalue weighted by Gasteiger charge is 2.16. The summed E-state index contributed by atoms with van der Waals surface area (Å²) in [4.78, 5) is 23.0. The first-order valence-electron chi connectivity index (χ1n) is 12.3. The fourth-order valence-corrected chi connectivity index (χ4v) is 4.43. The first-order chi connectivity index (χ1) is 17.5. The van der Waals surface area contributed by atoms with Crippen LogP contribution in [0.1, 0.15) is 39.9 Å². The number of carbonyl (C=O) groups is 1. The maximum atomic E-state index is 13.0. The Morgan fingerprint density at radius 1 is 0.722 bits per heavy atom. The van der Waals surface area contributed by atoms with Gasteiger partial charge in [0.1, 0.15) is 0 Å². The second-order valence-electron chi connectivity index (χ2n) is 9.39. The Labute approximate surface area is 212 Å². The van der Waals surface area contributed by atoms with Crippen molar-refractivity contribution < 1.29 is 4.79 Å². The largest absolute Gasteiger partial charge is 0.351 e. The van der Waals surface area contributed by atoms with E-state index < -0.39 is 0 Å². The average molecular weight is 472 g/mol. The predicted molar refractivity (Wildman–Crippen MR) is 147 cm³/mol. The van der Waals surface area contributed by atoms with Crippen LogP contribution in [0.4, 0.5) is 0 Å². The van der Waals surface area contributed by atoms with Crippen LogP contribution in [0, 0.1) is 13.8 Å². The number of benzene rings is 4. The molecule has 1 aromatic heterocycles. The maximum Gasteiger partial charge on any atom is 0.251 e. The number of fused-ring (bicyclic) bond motifs is 1. The summed E-state index contributed by atoms with van der Waals surface area (Å²) in [5.74, 6) is 0.113. The predicted octanol–water partition coefficient (Wildman–Crippen LogP) is 7.11. The second-order valence-corrected chi connectivity index (χ2v) is 9.39. The molecule has 1 unspecified atom stereocenters. The van der Waals surface area contributed by atoms with Crippen molar-refractivity contribution in [2.45, 2.75) is 26.7 Å². The highest BCUT2D eigenvalue weighted by molar-refractivity contribution is 5.98. The Hall–Kier alpha value is -4.31. The number of hydrogen-bond acceptors (Lipinski definition) is 3. The number of amides is 1. The minimum atomic E-state index is -0.110. The monoisotopic (exact) mass is 471 g/mol. The standard InChI is InChI=1S/C32H29N3O/c1-21-9-7-13-25(17-21)30-31(26-14-8-10-22(2)18-26)35-29-19-27(15-16-28(29)34-30)32(36)33-20-23(3)24-11-5-4-6-12-24/h4-19,23H,20H2,1-3H3,(H,33,36). The molecule has 178 valence electrons. The number of carbonyl (C=O) groups excluding carboxylic acids is 1. The van der Waals surface area contributed by atoms with Gasteiger partial charge in [0, 0.05) is 23.2 Å². The second kappa shape index (κ2) is 10.1. The molecule has 0 saturated carbocycles. The minimum Gasteiger partial charge on any atom is -0.351 e. The zero-order valence-electron chi connectivity index (χ0n) is 20.8. The van der Waals surface area contributed by atoms with Gasteiger partial charge in [-0.25, -0.2) is 9.97 Å². The van der Waals surface area contributed by atoms with Crippen LogP contribution < -0.4 is 5.32 Å². The molecule has 5 rings (SSSR count). The van der Waals surface area contributed by atoms with Crippen LogP contribution in [-0.4, -0.2) is 22.4 Å². The Kier molecular flexibility index (Phi) is 6.59. The highest BCUT2D eigenvalue weighted by atomic mass is 16.1. The van der Waals surface area contributed by atoms with E-state index in [1.165, 1.54) is 11.1 Å². The zero-order valence-corrected chi connectivity index (χ0v) is 20.8. The minimum absolute atomic E-state index is 0.110. The van der Waals surface area contributed by atoms with E-state index in [-0.39, 0.29) is 11.8 Å². The summed E-state index contributed by atoms with van der Waals surface area (Å²) < 4.78 is 0. The lowest BCUT2D eigenvalue weighted by molar-refractivity contribution is 0.0951. The molecule has 1 heterocycles. The Morgan fingerprint density at radius 3 is 1.94 bits per heavy atom. The molecule has 0 fully saturated rings. The molecular weight excluding hydrogens is 442 g/mol. The smallest absolute Gasteiger partial charge is 0.251 e. The van der Waals surface area contributed by atoms with Crippen molar-refractivity contribution in [3.8, 4) is 22.5 Å². The van der Waals surface area contributed by atoms with Gasteiger partial charge in [0.25, 0.3) is 5.91 Å². The van der Waals surface area contributed by atoms with Crippen LogP contribution in [0.5, 0.6) is 0 Å². The molecule has 0 aliphatic carbocycles. The first-order valence-corrected chi connectivity index (χ1v) is 12.3. The van der Waals surface area contributed by atoms with Crippen LogP contribution >= 0.6 is 0 Å². The molecule has 1 atom stereocenters. The van der Waals surface area contributed by atoms with E-state index >= 15 is 0 Å². The van der Waals surface area contributed by atoms with Gasteiger partial charge in [0.15, 0.2) is 0 Å². The summed E-state index contributed by atoms with van der Waals surface area (Å²) in [7, 11) is 0. The fraction of sp³-hybridized carbons (Fsp3) is 0.156. The number of rotatable bonds is 6. The van der Waals surface area contributed by atoms with Crippen molar-refractivity contribution in [3.05, 3.63) is 119 Å². The maximum absolute atomic E-state index is 13.0. The van der Waals surface area contributed by atoms with Crippen molar-refractivity contribution in [3.63, 3.8) is 0 Å². The van der Waals surface area contributed by atoms with Gasteiger partial charge in [0.05, 0.1) is 22.4 Å². The molecule has 0 saturated heterocycles. The van der Waals surface area contributed by atoms with Gasteiger partial charge in [-0.2, -0.15) is 0 Å². The summed E-state index contributed by atoms with van der Waals surface area (Å²) in [6.45, 7) is 6.83. The van der Waals surface area contributed by atoms with E-state index in [0.29, 0.717) is 17.6 Å². The molecule has 4 aromatic carbocycles. The highest BCUT2D eigenvalue weighted by Crippen LogP contribution is 2.32. The van der Waals surface area contributed by atoms with Crippen molar-refractivity contribution in [1.29, 1.82) is 0 Å². The van der Waals surface area contributed by atoms with Crippen LogP contribution in [-0.2, 0) is 0 Å². The van der Waals surface area contributed by atoms with Gasteiger partial charge >= 0.3 is 0 Å². The normalized spacial score (nSPS) is 11.9. The summed E-state index contributed by atoms with van der Waals surface area (Å²) in [6, 6.07) is 32.4. The van der Waals surface area contributed by atoms with E-state index in [9.17, 15) is 4.79 Å². The van der Waals surface area contributed by atoms with Gasteiger partial charge < -0.3 is 5.32 Å². The molecule has 4 nitrogen and oxygen atoms in total. The van der Waals surface area contributed by atoms with E-state index in [1.54, 1.807) is 0 Å². The van der Waals surface area contributed by atoms with Gasteiger partial charge in [-0.15, -0.1) is 0 Å². The SMILES string of the molecule is Cc1cccc(-c2nc3ccc(C(=O)NCC(C)c4ccccc4)cc3nc2-c2cccc(C)c2)c1. The van der Waals surface area contributed by atoms with E-state index in [1.807, 2.05) is 48.5 Å². The molecule has 0 aliphatic heterocycles. The van der Waals surface area contributed by atoms with E-state index in [2.05, 4.69) is 74.6 Å². The van der Waals surface area contributed by atoms with Crippen molar-refractivity contribution in [1.82, 2.24) is 15.3 Å². The number of hydrogen-bond donors (Lipinski definition) is 1. The van der Waals surface area contributed by atoms with Crippen LogP contribution in [0.25, 0.3) is 33.5 Å². The van der Waals surface area contributed by atoms with E-state index in [0.717, 1.165) is 33.6 Å². The summed E-state index contributed by atoms with van der Waals surface area (Å²) >= 11 is 0. The first kappa shape index (κ1) is 23.4. The molecule has 0 radical (unpaired) electrons. The van der Waals surface area contributed by atoms with Crippen molar-refractivity contribution in [2.24, 2.45) is 0 Å². The van der Waals surface area contributed by atoms with Gasteiger partial charge in [-0.1, -0.05) is 84.8 Å². The molecular formula is C32H29N3O. The number of nitrogens with one attached hydrogen (secondary N) is 1. The molecule has 0 bridgehead atoms. The summed E-state index contributed by atoms with van der Waals surface area (Å²) in [6.07, 6.45) is 0. The number of nitrogens with zero attached hydrogens (tertiary/aromatic N) is 2. The van der Waals surface area contributed by atoms with Crippen LogP contribution in [0.2, 0.25) is 0 Å². The quantitative estimate of drug-likeness (QED) is 0.287. The lowest BCUT2D eigenvalue weighted by atomic mass is 10.0. The van der Waals surface area contributed by atoms with Crippen LogP contribution in [0.3, 0.4) is 0 Å². The Morgan fingerprint density at radius 2 is 1.33 bits per heavy atom. The molecule has 0 aliphatic rings. The Balaban J connectivity index is 1.51. The molecule has 5 aromatic rings. The van der Waals surface area contributed by atoms with Crippen molar-refractivity contribution in [2.75, 3.05) is 6.54 Å². The Bertz CT molecular complexity index is 1540. The number of aromatic nitrogens is 2. The molecule has 1 amide bonds. The summed E-state index contributed by atoms with van der Waals surface area (Å²) in [5, 5.41) is 3.07.